The fraction of sp³-hybridized carbons (Fsp3) is 0.444. The third-order valence-electron chi connectivity index (χ3n) is 1.16. The van der Waals surface area contributed by atoms with Crippen molar-refractivity contribution in [2.45, 2.75) is 31.0 Å². The highest BCUT2D eigenvalue weighted by Crippen LogP contribution is 2.19. The van der Waals surface area contributed by atoms with Crippen molar-refractivity contribution in [2.75, 3.05) is 0 Å². The lowest BCUT2D eigenvalue weighted by Crippen LogP contribution is -1.89. The van der Waals surface area contributed by atoms with E-state index in [4.69, 9.17) is 0 Å². The Balaban J connectivity index is 2.71. The molecule has 1 rings (SSSR count). The molecule has 0 fully saturated rings. The highest BCUT2D eigenvalue weighted by Gasteiger charge is 1.98. The van der Waals surface area contributed by atoms with Gasteiger partial charge in [-0.15, -0.1) is 11.8 Å². The molecule has 1 aromatic rings. The van der Waals surface area contributed by atoms with Crippen molar-refractivity contribution in [2.24, 2.45) is 0 Å². The van der Waals surface area contributed by atoms with Crippen LogP contribution in [-0.2, 0) is 0 Å². The topological polar surface area (TPSA) is 12.9 Å². The number of rotatable bonds is 2. The molecule has 11 heavy (non-hydrogen) atoms. The molecule has 1 nitrogen and oxygen atoms in total. The zero-order valence-corrected chi connectivity index (χ0v) is 7.90. The van der Waals surface area contributed by atoms with E-state index in [2.05, 4.69) is 24.9 Å². The molecule has 0 N–H and O–H groups in total. The first-order chi connectivity index (χ1) is 5.18. The van der Waals surface area contributed by atoms with E-state index in [1.807, 2.05) is 19.1 Å². The van der Waals surface area contributed by atoms with Crippen LogP contribution in [-0.4, -0.2) is 10.2 Å². The summed E-state index contributed by atoms with van der Waals surface area (Å²) < 4.78 is 0. The van der Waals surface area contributed by atoms with Crippen LogP contribution >= 0.6 is 11.8 Å². The Morgan fingerprint density at radius 1 is 1.55 bits per heavy atom. The lowest BCUT2D eigenvalue weighted by Gasteiger charge is -2.02. The number of aryl methyl sites for hydroxylation is 1. The first kappa shape index (κ1) is 8.60. The molecule has 1 heterocycles. The molecule has 1 radical (unpaired) electrons. The Kier molecular flexibility index (Phi) is 2.94. The predicted octanol–water partition coefficient (Wildman–Crippen LogP) is 2.69. The maximum atomic E-state index is 4.32. The van der Waals surface area contributed by atoms with Crippen molar-refractivity contribution in [1.29, 1.82) is 0 Å². The van der Waals surface area contributed by atoms with Gasteiger partial charge in [-0.2, -0.15) is 0 Å². The largest absolute Gasteiger partial charge is 0.246 e. The second kappa shape index (κ2) is 3.77. The van der Waals surface area contributed by atoms with Crippen LogP contribution in [0.1, 0.15) is 19.5 Å². The van der Waals surface area contributed by atoms with Gasteiger partial charge in [0, 0.05) is 17.0 Å². The van der Waals surface area contributed by atoms with Crippen molar-refractivity contribution in [3.05, 3.63) is 23.9 Å². The molecule has 0 aliphatic heterocycles. The summed E-state index contributed by atoms with van der Waals surface area (Å²) in [6.07, 6.45) is 0. The van der Waals surface area contributed by atoms with Crippen molar-refractivity contribution < 1.29 is 0 Å². The van der Waals surface area contributed by atoms with Crippen LogP contribution in [0.4, 0.5) is 0 Å². The van der Waals surface area contributed by atoms with Crippen LogP contribution in [0.3, 0.4) is 0 Å². The van der Waals surface area contributed by atoms with Gasteiger partial charge in [0.05, 0.1) is 0 Å². The molecular formula is C9H12NS. The molecule has 0 saturated carbocycles. The summed E-state index contributed by atoms with van der Waals surface area (Å²) in [5.74, 6) is 0. The fourth-order valence-electron chi connectivity index (χ4n) is 0.747. The summed E-state index contributed by atoms with van der Waals surface area (Å²) in [6.45, 7) is 6.31. The standard InChI is InChI=1S/C9H12NS/c1-7(2)11-9-6-4-5-8(3)10-9/h4-5,7H,1-3H3. The van der Waals surface area contributed by atoms with Crippen molar-refractivity contribution >= 4 is 11.8 Å². The molecule has 0 saturated heterocycles. The molecule has 59 valence electrons. The average molecular weight is 166 g/mol. The maximum absolute atomic E-state index is 4.32. The van der Waals surface area contributed by atoms with Gasteiger partial charge in [0.15, 0.2) is 0 Å². The molecule has 1 aromatic heterocycles. The summed E-state index contributed by atoms with van der Waals surface area (Å²) in [4.78, 5) is 4.32. The number of aromatic nitrogens is 1. The summed E-state index contributed by atoms with van der Waals surface area (Å²) in [5, 5.41) is 1.58. The monoisotopic (exact) mass is 166 g/mol. The minimum absolute atomic E-state index is 0.584. The Hall–Kier alpha value is -0.500. The van der Waals surface area contributed by atoms with Gasteiger partial charge in [-0.1, -0.05) is 13.8 Å². The van der Waals surface area contributed by atoms with E-state index in [1.54, 1.807) is 11.8 Å². The second-order valence-corrected chi connectivity index (χ2v) is 4.27. The summed E-state index contributed by atoms with van der Waals surface area (Å²) in [6, 6.07) is 6.98. The molecule has 0 bridgehead atoms. The highest BCUT2D eigenvalue weighted by atomic mass is 32.2. The number of thioether (sulfide) groups is 1. The smallest absolute Gasteiger partial charge is 0.104 e. The number of hydrogen-bond donors (Lipinski definition) is 0. The van der Waals surface area contributed by atoms with Crippen molar-refractivity contribution in [3.8, 4) is 0 Å². The Morgan fingerprint density at radius 3 is 2.82 bits per heavy atom. The van der Waals surface area contributed by atoms with Gasteiger partial charge < -0.3 is 0 Å². The van der Waals surface area contributed by atoms with E-state index in [0.717, 1.165) is 10.7 Å². The third-order valence-corrected chi connectivity index (χ3v) is 2.06. The van der Waals surface area contributed by atoms with Gasteiger partial charge in [-0.05, 0) is 19.1 Å². The van der Waals surface area contributed by atoms with E-state index < -0.39 is 0 Å². The van der Waals surface area contributed by atoms with Gasteiger partial charge in [0.25, 0.3) is 0 Å². The molecule has 0 aliphatic carbocycles. The minimum atomic E-state index is 0.584. The molecule has 0 aromatic carbocycles. The van der Waals surface area contributed by atoms with Crippen LogP contribution < -0.4 is 0 Å². The SMILES string of the molecule is Cc1cc[c]c(SC(C)C)n1. The van der Waals surface area contributed by atoms with E-state index >= 15 is 0 Å². The zero-order chi connectivity index (χ0) is 8.27. The van der Waals surface area contributed by atoms with E-state index in [1.165, 1.54) is 0 Å². The van der Waals surface area contributed by atoms with Gasteiger partial charge in [0.1, 0.15) is 5.03 Å². The van der Waals surface area contributed by atoms with Crippen LogP contribution in [0.5, 0.6) is 0 Å². The first-order valence-electron chi connectivity index (χ1n) is 3.70. The van der Waals surface area contributed by atoms with E-state index in [9.17, 15) is 0 Å². The summed E-state index contributed by atoms with van der Waals surface area (Å²) >= 11 is 1.75. The van der Waals surface area contributed by atoms with Crippen LogP contribution in [0.25, 0.3) is 0 Å². The number of pyridine rings is 1. The highest BCUT2D eigenvalue weighted by molar-refractivity contribution is 7.99. The molecule has 0 amide bonds. The van der Waals surface area contributed by atoms with E-state index in [0.29, 0.717) is 5.25 Å². The fourth-order valence-corrected chi connectivity index (χ4v) is 1.53. The Labute approximate surface area is 72.2 Å². The quantitative estimate of drug-likeness (QED) is 0.626. The normalized spacial score (nSPS) is 10.5. The number of nitrogens with zero attached hydrogens (tertiary/aromatic N) is 1. The van der Waals surface area contributed by atoms with Gasteiger partial charge in [-0.25, -0.2) is 4.98 Å². The lowest BCUT2D eigenvalue weighted by molar-refractivity contribution is 1.03. The van der Waals surface area contributed by atoms with Crippen molar-refractivity contribution in [1.82, 2.24) is 4.98 Å². The Morgan fingerprint density at radius 2 is 2.27 bits per heavy atom. The molecule has 2 heteroatoms. The molecule has 0 aliphatic rings. The lowest BCUT2D eigenvalue weighted by atomic mass is 10.4. The molecule has 0 unspecified atom stereocenters. The number of hydrogen-bond acceptors (Lipinski definition) is 2. The molecule has 0 atom stereocenters. The van der Waals surface area contributed by atoms with Gasteiger partial charge in [0.2, 0.25) is 0 Å². The van der Waals surface area contributed by atoms with E-state index in [-0.39, 0.29) is 0 Å². The third kappa shape index (κ3) is 2.93. The predicted molar refractivity (Wildman–Crippen MR) is 48.8 cm³/mol. The summed E-state index contributed by atoms with van der Waals surface area (Å²) in [5.41, 5.74) is 1.06. The molecule has 0 spiro atoms. The second-order valence-electron chi connectivity index (χ2n) is 2.70. The maximum Gasteiger partial charge on any atom is 0.104 e. The van der Waals surface area contributed by atoms with Crippen LogP contribution in [0.15, 0.2) is 17.2 Å². The molecular weight excluding hydrogens is 154 g/mol. The average Bonchev–Trinajstić information content (AvgIpc) is 1.85. The Bertz CT molecular complexity index is 233. The zero-order valence-electron chi connectivity index (χ0n) is 7.09. The first-order valence-corrected chi connectivity index (χ1v) is 4.58. The van der Waals surface area contributed by atoms with Crippen LogP contribution in [0.2, 0.25) is 0 Å². The van der Waals surface area contributed by atoms with Crippen molar-refractivity contribution in [3.63, 3.8) is 0 Å². The van der Waals surface area contributed by atoms with Gasteiger partial charge >= 0.3 is 0 Å². The van der Waals surface area contributed by atoms with Crippen LogP contribution in [0, 0.1) is 13.0 Å². The van der Waals surface area contributed by atoms with Gasteiger partial charge in [-0.3, -0.25) is 0 Å². The summed E-state index contributed by atoms with van der Waals surface area (Å²) in [7, 11) is 0. The minimum Gasteiger partial charge on any atom is -0.246 e.